The molecule has 0 rings (SSSR count). The van der Waals surface area contributed by atoms with E-state index in [1.165, 1.54) is 0 Å². The smallest absolute Gasteiger partial charge is 0.545 e. The fraction of sp³-hybridized carbons (Fsp3) is 0.333. The van der Waals surface area contributed by atoms with Crippen LogP contribution in [0.1, 0.15) is 38.5 Å². The van der Waals surface area contributed by atoms with E-state index in [0.29, 0.717) is 0 Å². The Morgan fingerprint density at radius 2 is 0.645 bits per heavy atom. The molecule has 0 aromatic heterocycles. The molecule has 0 fully saturated rings. The quantitative estimate of drug-likeness (QED) is 0.164. The summed E-state index contributed by atoms with van der Waals surface area (Å²) in [5.41, 5.74) is -0.535. The maximum Gasteiger partial charge on any atom is 3.00 e. The summed E-state index contributed by atoms with van der Waals surface area (Å²) in [5, 5.41) is 54.0. The van der Waals surface area contributed by atoms with Crippen LogP contribution in [0, 0.1) is 0 Å². The van der Waals surface area contributed by atoms with Gasteiger partial charge < -0.3 is 45.0 Å². The van der Waals surface area contributed by atoms with Crippen LogP contribution in [0.3, 0.4) is 0 Å². The maximum atomic E-state index is 9.91. The van der Waals surface area contributed by atoms with Crippen molar-refractivity contribution in [3.63, 3.8) is 0 Å². The summed E-state index contributed by atoms with van der Waals surface area (Å²) >= 11 is 0. The number of carboxylic acids is 6. The molecule has 0 bridgehead atoms. The van der Waals surface area contributed by atoms with E-state index in [1.807, 2.05) is 0 Å². The van der Waals surface area contributed by atoms with E-state index >= 15 is 0 Å². The van der Waals surface area contributed by atoms with Gasteiger partial charge in [0.05, 0.1) is 17.9 Å². The average Bonchev–Trinajstić information content (AvgIpc) is 2.62. The van der Waals surface area contributed by atoms with Gasteiger partial charge in [0.1, 0.15) is 0 Å². The molecule has 3 N–H and O–H groups in total. The molecule has 2 radical (unpaired) electrons. The minimum Gasteiger partial charge on any atom is -0.545 e. The molecule has 0 saturated carbocycles. The van der Waals surface area contributed by atoms with Gasteiger partial charge in [-0.25, -0.2) is 0 Å². The molecule has 13 heteroatoms. The number of carbonyl (C=O) groups excluding carboxylic acids is 3. The molecule has 0 atom stereocenters. The number of hydrogen-bond acceptors (Lipinski definition) is 9. The summed E-state index contributed by atoms with van der Waals surface area (Å²) < 4.78 is 0. The van der Waals surface area contributed by atoms with Crippen LogP contribution in [-0.2, 0) is 28.8 Å². The van der Waals surface area contributed by atoms with Gasteiger partial charge in [-0.1, -0.05) is 19.7 Å². The van der Waals surface area contributed by atoms with Crippen molar-refractivity contribution in [1.29, 1.82) is 0 Å². The molecule has 0 aliphatic heterocycles. The molecular formula is C18H21O12Sb. The fourth-order valence-electron chi connectivity index (χ4n) is 1.08. The van der Waals surface area contributed by atoms with Gasteiger partial charge in [-0.15, -0.1) is 0 Å². The molecular weight excluding hydrogens is 530 g/mol. The van der Waals surface area contributed by atoms with Gasteiger partial charge in [-0.05, 0) is 36.0 Å². The third-order valence-electron chi connectivity index (χ3n) is 2.79. The van der Waals surface area contributed by atoms with Crippen LogP contribution >= 0.6 is 0 Å². The molecule has 0 aliphatic carbocycles. The van der Waals surface area contributed by atoms with Gasteiger partial charge in [0.15, 0.2) is 0 Å². The minimum absolute atomic E-state index is 0. The Morgan fingerprint density at radius 1 is 0.484 bits per heavy atom. The second-order valence-electron chi connectivity index (χ2n) is 5.35. The molecule has 0 amide bonds. The molecule has 0 unspecified atom stereocenters. The maximum absolute atomic E-state index is 9.91. The van der Waals surface area contributed by atoms with E-state index in [0.717, 1.165) is 0 Å². The van der Waals surface area contributed by atoms with Crippen LogP contribution in [0.15, 0.2) is 36.5 Å². The number of carbonyl (C=O) groups is 6. The molecule has 0 aromatic rings. The van der Waals surface area contributed by atoms with Crippen LogP contribution in [0.5, 0.6) is 0 Å². The second-order valence-corrected chi connectivity index (χ2v) is 5.35. The molecule has 0 saturated heterocycles. The zero-order valence-electron chi connectivity index (χ0n) is 16.3. The van der Waals surface area contributed by atoms with Gasteiger partial charge in [0.2, 0.25) is 0 Å². The van der Waals surface area contributed by atoms with Gasteiger partial charge in [0, 0.05) is 19.3 Å². The topological polar surface area (TPSA) is 232 Å². The van der Waals surface area contributed by atoms with E-state index in [-0.39, 0.29) is 79.7 Å². The Hall–Kier alpha value is -3.14. The summed E-state index contributed by atoms with van der Waals surface area (Å²) in [4.78, 5) is 59.3. The van der Waals surface area contributed by atoms with Gasteiger partial charge >= 0.3 is 42.3 Å². The standard InChI is InChI=1S/3C6H8O4.Sb/c3*1-4(6(9)10)2-3-5(7)8;/h3*1-3H2,(H,7,8)(H,9,10);/q;;;+3/p-3. The number of hydrogen-bond donors (Lipinski definition) is 3. The molecule has 0 aliphatic rings. The fourth-order valence-corrected chi connectivity index (χ4v) is 1.08. The summed E-state index contributed by atoms with van der Waals surface area (Å²) in [7, 11) is 0. The Kier molecular flexibility index (Phi) is 22.9. The van der Waals surface area contributed by atoms with Crippen LogP contribution in [-0.4, -0.2) is 75.6 Å². The van der Waals surface area contributed by atoms with Gasteiger partial charge in [-0.3, -0.25) is 14.4 Å². The van der Waals surface area contributed by atoms with Crippen molar-refractivity contribution < 1.29 is 59.4 Å². The van der Waals surface area contributed by atoms with Gasteiger partial charge in [0.25, 0.3) is 0 Å². The second kappa shape index (κ2) is 20.1. The molecule has 12 nitrogen and oxygen atoms in total. The molecule has 31 heavy (non-hydrogen) atoms. The number of rotatable bonds is 12. The van der Waals surface area contributed by atoms with Crippen molar-refractivity contribution in [3.05, 3.63) is 36.5 Å². The summed E-state index contributed by atoms with van der Waals surface area (Å²) in [5.74, 6) is -7.28. The summed E-state index contributed by atoms with van der Waals surface area (Å²) in [6.45, 7) is 9.30. The molecule has 0 spiro atoms. The Balaban J connectivity index is -0.000000174. The van der Waals surface area contributed by atoms with E-state index < -0.39 is 35.8 Å². The SMILES string of the molecule is C=C(CCC(=O)O)C(=O)[O-].C=C(CCC(=O)O)C(=O)[O-].C=C(CCC(=O)O)C(=O)[O-].[Sb+3]. The zero-order valence-corrected chi connectivity index (χ0v) is 18.9. The van der Waals surface area contributed by atoms with E-state index in [4.69, 9.17) is 15.3 Å². The molecule has 0 aromatic carbocycles. The van der Waals surface area contributed by atoms with Crippen molar-refractivity contribution in [2.75, 3.05) is 0 Å². The first-order chi connectivity index (χ1) is 13.6. The van der Waals surface area contributed by atoms with Crippen molar-refractivity contribution in [2.45, 2.75) is 38.5 Å². The van der Waals surface area contributed by atoms with Crippen LogP contribution in [0.25, 0.3) is 0 Å². The molecule has 0 heterocycles. The van der Waals surface area contributed by atoms with E-state index in [2.05, 4.69) is 19.7 Å². The third-order valence-corrected chi connectivity index (χ3v) is 2.79. The zero-order chi connectivity index (χ0) is 24.4. The van der Waals surface area contributed by atoms with Gasteiger partial charge in [-0.2, -0.15) is 0 Å². The molecule has 170 valence electrons. The summed E-state index contributed by atoms with van der Waals surface area (Å²) in [6, 6.07) is 0. The van der Waals surface area contributed by atoms with Crippen LogP contribution in [0.2, 0.25) is 0 Å². The Labute approximate surface area is 194 Å². The Bertz CT molecular complexity index is 613. The largest absolute Gasteiger partial charge is 3.00 e. The predicted molar refractivity (Wildman–Crippen MR) is 98.8 cm³/mol. The van der Waals surface area contributed by atoms with Crippen LogP contribution < -0.4 is 15.3 Å². The third kappa shape index (κ3) is 29.2. The van der Waals surface area contributed by atoms with Crippen molar-refractivity contribution in [3.8, 4) is 0 Å². The van der Waals surface area contributed by atoms with Crippen molar-refractivity contribution in [2.24, 2.45) is 0 Å². The normalized spacial score (nSPS) is 8.52. The van der Waals surface area contributed by atoms with E-state index in [9.17, 15) is 44.1 Å². The summed E-state index contributed by atoms with van der Waals surface area (Å²) in [6.07, 6.45) is -0.820. The van der Waals surface area contributed by atoms with Crippen LogP contribution in [0.4, 0.5) is 0 Å². The van der Waals surface area contributed by atoms with E-state index in [1.54, 1.807) is 0 Å². The van der Waals surface area contributed by atoms with Crippen molar-refractivity contribution >= 4 is 60.2 Å². The minimum atomic E-state index is -1.39. The predicted octanol–water partition coefficient (Wildman–Crippen LogP) is -2.91. The first-order valence-electron chi connectivity index (χ1n) is 7.94. The average molecular weight is 551 g/mol. The number of aliphatic carboxylic acids is 6. The monoisotopic (exact) mass is 550 g/mol. The first kappa shape index (κ1) is 35.3. The number of carboxylic acid groups (broad SMARTS) is 6. The van der Waals surface area contributed by atoms with Crippen molar-refractivity contribution in [1.82, 2.24) is 0 Å². The Morgan fingerprint density at radius 3 is 0.742 bits per heavy atom. The first-order valence-corrected chi connectivity index (χ1v) is 7.94.